The van der Waals surface area contributed by atoms with Gasteiger partial charge in [0.2, 0.25) is 0 Å². The Morgan fingerprint density at radius 1 is 0.500 bits per heavy atom. The van der Waals surface area contributed by atoms with Gasteiger partial charge < -0.3 is 19.3 Å². The van der Waals surface area contributed by atoms with Gasteiger partial charge in [0.15, 0.2) is 0 Å². The van der Waals surface area contributed by atoms with E-state index < -0.39 is 0 Å². The lowest BCUT2D eigenvalue weighted by molar-refractivity contribution is -0.164. The van der Waals surface area contributed by atoms with Gasteiger partial charge >= 0.3 is 0 Å². The molecule has 0 bridgehead atoms. The highest BCUT2D eigenvalue weighted by atomic mass is 16.5. The van der Waals surface area contributed by atoms with Gasteiger partial charge in [0, 0.05) is 74.0 Å². The highest BCUT2D eigenvalue weighted by Gasteiger charge is 2.54. The van der Waals surface area contributed by atoms with Gasteiger partial charge in [-0.2, -0.15) is 0 Å². The lowest BCUT2D eigenvalue weighted by Crippen LogP contribution is -2.61. The standard InChI is InChI=1S/2C15H28N2O2/c2*1-13(2,3)16-9-7-15(8-10-16)17(14(4,5)6)12(18)11-19-15/h2*7-11H2,1-6H3. The minimum absolute atomic E-state index is 0.136. The van der Waals surface area contributed by atoms with E-state index in [1.54, 1.807) is 0 Å². The van der Waals surface area contributed by atoms with Crippen LogP contribution in [0.5, 0.6) is 0 Å². The van der Waals surface area contributed by atoms with Gasteiger partial charge in [-0.1, -0.05) is 0 Å². The number of likely N-dealkylation sites (tertiary alicyclic amines) is 2. The molecule has 0 aromatic rings. The van der Waals surface area contributed by atoms with Gasteiger partial charge in [0.25, 0.3) is 11.8 Å². The molecule has 4 fully saturated rings. The van der Waals surface area contributed by atoms with Gasteiger partial charge in [-0.15, -0.1) is 0 Å². The quantitative estimate of drug-likeness (QED) is 0.455. The molecule has 8 nitrogen and oxygen atoms in total. The van der Waals surface area contributed by atoms with Crippen molar-refractivity contribution in [2.24, 2.45) is 0 Å². The number of piperidine rings is 2. The largest absolute Gasteiger partial charge is 0.346 e. The van der Waals surface area contributed by atoms with E-state index in [-0.39, 0.29) is 58.6 Å². The summed E-state index contributed by atoms with van der Waals surface area (Å²) in [5, 5.41) is 0. The fourth-order valence-electron chi connectivity index (χ4n) is 6.87. The van der Waals surface area contributed by atoms with Crippen LogP contribution in [0, 0.1) is 0 Å². The van der Waals surface area contributed by atoms with Gasteiger partial charge in [-0.05, 0) is 83.1 Å². The number of hydrogen-bond acceptors (Lipinski definition) is 6. The molecular weight excluding hydrogens is 480 g/mol. The molecule has 4 heterocycles. The predicted molar refractivity (Wildman–Crippen MR) is 152 cm³/mol. The normalized spacial score (nSPS) is 25.4. The molecule has 220 valence electrons. The SMILES string of the molecule is CC(C)(C)N1CCC2(CC1)OCC(=O)N2C(C)(C)C.CC(C)(C)N1CCC2(CC1)OCC(=O)N2C(C)(C)C. The first-order valence-electron chi connectivity index (χ1n) is 14.6. The lowest BCUT2D eigenvalue weighted by Gasteiger charge is -2.50. The summed E-state index contributed by atoms with van der Waals surface area (Å²) in [7, 11) is 0. The maximum absolute atomic E-state index is 12.2. The van der Waals surface area contributed by atoms with Crippen molar-refractivity contribution in [1.29, 1.82) is 0 Å². The van der Waals surface area contributed by atoms with Crippen LogP contribution in [0.25, 0.3) is 0 Å². The Bertz CT molecular complexity index is 787. The minimum atomic E-state index is -0.364. The van der Waals surface area contributed by atoms with Crippen molar-refractivity contribution in [3.8, 4) is 0 Å². The average molecular weight is 537 g/mol. The Hall–Kier alpha value is -1.22. The fourth-order valence-corrected chi connectivity index (χ4v) is 6.87. The first-order valence-corrected chi connectivity index (χ1v) is 14.6. The Morgan fingerprint density at radius 3 is 0.974 bits per heavy atom. The third-order valence-corrected chi connectivity index (χ3v) is 8.57. The summed E-state index contributed by atoms with van der Waals surface area (Å²) in [4.78, 5) is 33.2. The summed E-state index contributed by atoms with van der Waals surface area (Å²) < 4.78 is 11.9. The van der Waals surface area contributed by atoms with Crippen molar-refractivity contribution >= 4 is 11.8 Å². The first-order chi connectivity index (χ1) is 17.1. The Labute approximate surface area is 232 Å². The molecular formula is C30H56N4O4. The van der Waals surface area contributed by atoms with Crippen LogP contribution in [-0.4, -0.2) is 104 Å². The third-order valence-electron chi connectivity index (χ3n) is 8.57. The Morgan fingerprint density at radius 2 is 0.763 bits per heavy atom. The highest BCUT2D eigenvalue weighted by molar-refractivity contribution is 5.81. The molecule has 0 aromatic carbocycles. The van der Waals surface area contributed by atoms with Crippen LogP contribution in [0.4, 0.5) is 0 Å². The van der Waals surface area contributed by atoms with E-state index in [9.17, 15) is 9.59 Å². The monoisotopic (exact) mass is 536 g/mol. The molecule has 0 saturated carbocycles. The zero-order valence-electron chi connectivity index (χ0n) is 26.5. The second-order valence-corrected chi connectivity index (χ2v) is 15.6. The van der Waals surface area contributed by atoms with Gasteiger partial charge in [-0.25, -0.2) is 0 Å². The topological polar surface area (TPSA) is 65.6 Å². The Balaban J connectivity index is 0.000000211. The second-order valence-electron chi connectivity index (χ2n) is 15.6. The number of amides is 2. The molecule has 2 spiro atoms. The van der Waals surface area contributed by atoms with Crippen LogP contribution >= 0.6 is 0 Å². The van der Waals surface area contributed by atoms with Crippen molar-refractivity contribution in [3.05, 3.63) is 0 Å². The van der Waals surface area contributed by atoms with Gasteiger partial charge in [0.05, 0.1) is 0 Å². The summed E-state index contributed by atoms with van der Waals surface area (Å²) >= 11 is 0. The molecule has 4 aliphatic rings. The van der Waals surface area contributed by atoms with Crippen LogP contribution in [0.3, 0.4) is 0 Å². The maximum Gasteiger partial charge on any atom is 0.251 e. The summed E-state index contributed by atoms with van der Waals surface area (Å²) in [6.07, 6.45) is 3.64. The average Bonchev–Trinajstić information content (AvgIpc) is 3.24. The molecule has 0 N–H and O–H groups in total. The minimum Gasteiger partial charge on any atom is -0.346 e. The molecule has 2 amide bonds. The van der Waals surface area contributed by atoms with Crippen LogP contribution in [0.15, 0.2) is 0 Å². The molecule has 4 rings (SSSR count). The van der Waals surface area contributed by atoms with Crippen LogP contribution in [-0.2, 0) is 19.1 Å². The summed E-state index contributed by atoms with van der Waals surface area (Å²) in [6.45, 7) is 30.5. The zero-order chi connectivity index (χ0) is 28.9. The van der Waals surface area contributed by atoms with Crippen molar-refractivity contribution in [2.45, 2.75) is 142 Å². The van der Waals surface area contributed by atoms with Crippen LogP contribution in [0.1, 0.15) is 109 Å². The molecule has 0 radical (unpaired) electrons. The first kappa shape index (κ1) is 31.3. The van der Waals surface area contributed by atoms with Crippen LogP contribution in [0.2, 0.25) is 0 Å². The summed E-state index contributed by atoms with van der Waals surface area (Å²) in [5.41, 5.74) is -0.684. The molecule has 0 aliphatic carbocycles. The lowest BCUT2D eigenvalue weighted by atomic mass is 9.91. The van der Waals surface area contributed by atoms with Gasteiger partial charge in [0.1, 0.15) is 24.7 Å². The summed E-state index contributed by atoms with van der Waals surface area (Å²) in [6, 6.07) is 0. The van der Waals surface area contributed by atoms with Gasteiger partial charge in [-0.3, -0.25) is 19.4 Å². The number of nitrogens with zero attached hydrogens (tertiary/aromatic N) is 4. The van der Waals surface area contributed by atoms with E-state index in [4.69, 9.17) is 9.47 Å². The van der Waals surface area contributed by atoms with Crippen molar-refractivity contribution in [1.82, 2.24) is 19.6 Å². The molecule has 0 unspecified atom stereocenters. The molecule has 8 heteroatoms. The third kappa shape index (κ3) is 6.39. The fraction of sp³-hybridized carbons (Fsp3) is 0.933. The zero-order valence-corrected chi connectivity index (χ0v) is 26.5. The van der Waals surface area contributed by atoms with E-state index in [2.05, 4.69) is 92.9 Å². The smallest absolute Gasteiger partial charge is 0.251 e. The molecule has 4 aliphatic heterocycles. The predicted octanol–water partition coefficient (Wildman–Crippen LogP) is 4.47. The number of carbonyl (C=O) groups is 2. The van der Waals surface area contributed by atoms with E-state index >= 15 is 0 Å². The summed E-state index contributed by atoms with van der Waals surface area (Å²) in [5.74, 6) is 0.272. The number of rotatable bonds is 0. The molecule has 4 saturated heterocycles. The van der Waals surface area contributed by atoms with E-state index in [1.165, 1.54) is 0 Å². The van der Waals surface area contributed by atoms with Crippen LogP contribution < -0.4 is 0 Å². The second kappa shape index (κ2) is 10.3. The molecule has 0 aromatic heterocycles. The number of ether oxygens (including phenoxy) is 2. The number of hydrogen-bond donors (Lipinski definition) is 0. The van der Waals surface area contributed by atoms with Crippen molar-refractivity contribution in [2.75, 3.05) is 39.4 Å². The molecule has 0 atom stereocenters. The molecule has 38 heavy (non-hydrogen) atoms. The van der Waals surface area contributed by atoms with Crippen molar-refractivity contribution < 1.29 is 19.1 Å². The highest BCUT2D eigenvalue weighted by Crippen LogP contribution is 2.42. The Kier molecular flexibility index (Phi) is 8.50. The van der Waals surface area contributed by atoms with Crippen molar-refractivity contribution in [3.63, 3.8) is 0 Å². The van der Waals surface area contributed by atoms with E-state index in [0.29, 0.717) is 0 Å². The van der Waals surface area contributed by atoms with E-state index in [0.717, 1.165) is 51.9 Å². The van der Waals surface area contributed by atoms with E-state index in [1.807, 2.05) is 9.80 Å². The maximum atomic E-state index is 12.2. The number of carbonyl (C=O) groups excluding carboxylic acids is 2.